The Kier molecular flexibility index (Phi) is 7.34. The van der Waals surface area contributed by atoms with Crippen molar-refractivity contribution in [3.05, 3.63) is 0 Å². The summed E-state index contributed by atoms with van der Waals surface area (Å²) in [5.74, 6) is 0. The Morgan fingerprint density at radius 1 is 1.38 bits per heavy atom. The Balaban J connectivity index is 2.53. The number of hydrogen-bond acceptors (Lipinski definition) is 1. The van der Waals surface area contributed by atoms with Gasteiger partial charge in [-0.3, -0.25) is 0 Å². The first kappa shape index (κ1) is 8.18. The van der Waals surface area contributed by atoms with Gasteiger partial charge in [0, 0.05) is 23.5 Å². The Hall–Kier alpha value is 0.177. The first-order valence-electron chi connectivity index (χ1n) is 3.49. The van der Waals surface area contributed by atoms with Gasteiger partial charge in [0.2, 0.25) is 0 Å². The third kappa shape index (κ3) is 6.18. The molecule has 0 saturated heterocycles. The van der Waals surface area contributed by atoms with Gasteiger partial charge in [0.1, 0.15) is 0 Å². The number of hydrogen-bond donors (Lipinski definition) is 0. The Morgan fingerprint density at radius 2 is 2.12 bits per heavy atom. The lowest BCUT2D eigenvalue weighted by atomic mass is 10.5. The lowest BCUT2D eigenvalue weighted by molar-refractivity contribution is 0.135. The van der Waals surface area contributed by atoms with E-state index < -0.39 is 0 Å². The molecule has 0 aliphatic rings. The molecule has 0 aliphatic carbocycles. The van der Waals surface area contributed by atoms with Gasteiger partial charge in [-0.15, -0.1) is 0 Å². The molecule has 50 valence electrons. The predicted octanol–water partition coefficient (Wildman–Crippen LogP) is 0.587. The van der Waals surface area contributed by atoms with Crippen LogP contribution in [0.4, 0.5) is 0 Å². The summed E-state index contributed by atoms with van der Waals surface area (Å²) in [6, 6.07) is 1.38. The largest absolute Gasteiger partial charge is 0.381 e. The Bertz CT molecular complexity index is 33.5. The van der Waals surface area contributed by atoms with Crippen LogP contribution in [0.2, 0.25) is 6.04 Å². The van der Waals surface area contributed by atoms with Crippen molar-refractivity contribution in [3.63, 3.8) is 0 Å². The molecule has 0 aromatic carbocycles. The van der Waals surface area contributed by atoms with E-state index in [0.717, 1.165) is 19.6 Å². The smallest absolute Gasteiger partial charge is 0.0463 e. The minimum atomic E-state index is 0.946. The molecule has 0 heterocycles. The molecular formula is C6H16OSi. The van der Waals surface area contributed by atoms with Crippen LogP contribution < -0.4 is 0 Å². The Morgan fingerprint density at radius 3 is 2.62 bits per heavy atom. The maximum Gasteiger partial charge on any atom is 0.0463 e. The number of rotatable bonds is 5. The second-order valence-corrected chi connectivity index (χ2v) is 2.97. The predicted molar refractivity (Wildman–Crippen MR) is 40.5 cm³/mol. The van der Waals surface area contributed by atoms with E-state index in [2.05, 4.69) is 6.92 Å². The third-order valence-corrected chi connectivity index (χ3v) is 1.70. The topological polar surface area (TPSA) is 9.23 Å². The van der Waals surface area contributed by atoms with E-state index in [1.165, 1.54) is 22.7 Å². The van der Waals surface area contributed by atoms with Gasteiger partial charge in [0.25, 0.3) is 0 Å². The highest BCUT2D eigenvalue weighted by Crippen LogP contribution is 1.86. The van der Waals surface area contributed by atoms with Gasteiger partial charge in [0.15, 0.2) is 0 Å². The van der Waals surface area contributed by atoms with E-state index in [9.17, 15) is 0 Å². The van der Waals surface area contributed by atoms with Crippen LogP contribution in [0.1, 0.15) is 19.8 Å². The zero-order valence-electron chi connectivity index (χ0n) is 5.94. The molecule has 0 radical (unpaired) electrons. The van der Waals surface area contributed by atoms with Crippen LogP contribution in [-0.4, -0.2) is 23.5 Å². The fourth-order valence-electron chi connectivity index (χ4n) is 0.493. The average Bonchev–Trinajstić information content (AvgIpc) is 1.81. The van der Waals surface area contributed by atoms with E-state index >= 15 is 0 Å². The van der Waals surface area contributed by atoms with Crippen LogP contribution in [0.15, 0.2) is 0 Å². The van der Waals surface area contributed by atoms with Crippen molar-refractivity contribution in [2.45, 2.75) is 25.8 Å². The van der Waals surface area contributed by atoms with Crippen molar-refractivity contribution in [2.75, 3.05) is 13.2 Å². The molecule has 0 aromatic heterocycles. The van der Waals surface area contributed by atoms with Crippen molar-refractivity contribution in [2.24, 2.45) is 0 Å². The summed E-state index contributed by atoms with van der Waals surface area (Å²) < 4.78 is 5.25. The summed E-state index contributed by atoms with van der Waals surface area (Å²) in [4.78, 5) is 0. The molecule has 0 aromatic rings. The monoisotopic (exact) mass is 132 g/mol. The molecular weight excluding hydrogens is 116 g/mol. The van der Waals surface area contributed by atoms with Crippen LogP contribution in [0.3, 0.4) is 0 Å². The van der Waals surface area contributed by atoms with Crippen molar-refractivity contribution in [1.82, 2.24) is 0 Å². The fourth-order valence-corrected chi connectivity index (χ4v) is 0.781. The van der Waals surface area contributed by atoms with Crippen LogP contribution in [0.25, 0.3) is 0 Å². The van der Waals surface area contributed by atoms with Crippen molar-refractivity contribution >= 4 is 10.2 Å². The van der Waals surface area contributed by atoms with Gasteiger partial charge in [-0.1, -0.05) is 13.0 Å². The molecule has 0 unspecified atom stereocenters. The minimum absolute atomic E-state index is 0.946. The molecule has 2 heteroatoms. The summed E-state index contributed by atoms with van der Waals surface area (Å²) in [7, 11) is 1.33. The highest BCUT2D eigenvalue weighted by Gasteiger charge is 1.81. The lowest BCUT2D eigenvalue weighted by Crippen LogP contribution is -1.94. The van der Waals surface area contributed by atoms with Gasteiger partial charge in [0.05, 0.1) is 0 Å². The Labute approximate surface area is 54.8 Å². The van der Waals surface area contributed by atoms with E-state index in [-0.39, 0.29) is 0 Å². The quantitative estimate of drug-likeness (QED) is 0.393. The molecule has 0 fully saturated rings. The summed E-state index contributed by atoms with van der Waals surface area (Å²) in [5, 5.41) is 0. The molecule has 0 aliphatic heterocycles. The SMILES string of the molecule is CCCOCCC[SiH3]. The minimum Gasteiger partial charge on any atom is -0.381 e. The second-order valence-electron chi connectivity index (χ2n) is 1.97. The molecule has 0 atom stereocenters. The van der Waals surface area contributed by atoms with E-state index in [1.807, 2.05) is 0 Å². The third-order valence-electron chi connectivity index (χ3n) is 0.991. The highest BCUT2D eigenvalue weighted by molar-refractivity contribution is 6.08. The van der Waals surface area contributed by atoms with Gasteiger partial charge >= 0.3 is 0 Å². The first-order valence-corrected chi connectivity index (χ1v) is 4.91. The molecule has 0 amide bonds. The molecule has 0 rings (SSSR count). The van der Waals surface area contributed by atoms with Crippen LogP contribution >= 0.6 is 0 Å². The molecule has 1 nitrogen and oxygen atoms in total. The van der Waals surface area contributed by atoms with Crippen LogP contribution in [0, 0.1) is 0 Å². The van der Waals surface area contributed by atoms with Crippen molar-refractivity contribution < 1.29 is 4.74 Å². The van der Waals surface area contributed by atoms with Crippen molar-refractivity contribution in [3.8, 4) is 0 Å². The van der Waals surface area contributed by atoms with Crippen LogP contribution in [-0.2, 0) is 4.74 Å². The van der Waals surface area contributed by atoms with Gasteiger partial charge in [-0.25, -0.2) is 0 Å². The molecule has 0 N–H and O–H groups in total. The summed E-state index contributed by atoms with van der Waals surface area (Å²) in [6.45, 7) is 4.07. The van der Waals surface area contributed by atoms with E-state index in [4.69, 9.17) is 4.74 Å². The van der Waals surface area contributed by atoms with Crippen LogP contribution in [0.5, 0.6) is 0 Å². The maximum atomic E-state index is 5.25. The normalized spacial score (nSPS) is 10.1. The second kappa shape index (κ2) is 7.18. The summed E-state index contributed by atoms with van der Waals surface area (Å²) in [5.41, 5.74) is 0. The molecule has 8 heavy (non-hydrogen) atoms. The fraction of sp³-hybridized carbons (Fsp3) is 1.00. The zero-order chi connectivity index (χ0) is 6.24. The molecule has 0 saturated carbocycles. The zero-order valence-corrected chi connectivity index (χ0v) is 7.94. The van der Waals surface area contributed by atoms with Crippen molar-refractivity contribution in [1.29, 1.82) is 0 Å². The number of ether oxygens (including phenoxy) is 1. The average molecular weight is 132 g/mol. The summed E-state index contributed by atoms with van der Waals surface area (Å²) in [6.07, 6.45) is 2.42. The summed E-state index contributed by atoms with van der Waals surface area (Å²) >= 11 is 0. The maximum absolute atomic E-state index is 5.25. The first-order chi connectivity index (χ1) is 3.91. The molecule has 0 bridgehead atoms. The van der Waals surface area contributed by atoms with Gasteiger partial charge in [-0.05, 0) is 12.8 Å². The van der Waals surface area contributed by atoms with E-state index in [1.54, 1.807) is 0 Å². The highest BCUT2D eigenvalue weighted by atomic mass is 28.1. The van der Waals surface area contributed by atoms with Gasteiger partial charge in [-0.2, -0.15) is 0 Å². The standard InChI is InChI=1S/C6H16OSi/c1-2-4-7-5-3-6-8/h2-6H2,1,8H3. The lowest BCUT2D eigenvalue weighted by Gasteiger charge is -1.97. The van der Waals surface area contributed by atoms with Gasteiger partial charge < -0.3 is 4.74 Å². The van der Waals surface area contributed by atoms with E-state index in [0.29, 0.717) is 0 Å². The molecule has 0 spiro atoms.